The minimum atomic E-state index is -0.295. The van der Waals surface area contributed by atoms with Crippen LogP contribution >= 0.6 is 0 Å². The highest BCUT2D eigenvalue weighted by atomic mass is 16.5. The number of nitrogens with zero attached hydrogens (tertiary/aromatic N) is 2. The van der Waals surface area contributed by atoms with E-state index in [0.717, 1.165) is 10.8 Å². The third-order valence-electron chi connectivity index (χ3n) is 5.01. The molecule has 2 aromatic heterocycles. The van der Waals surface area contributed by atoms with Crippen LogP contribution in [0.1, 0.15) is 47.4 Å². The highest BCUT2D eigenvalue weighted by Gasteiger charge is 2.21. The summed E-state index contributed by atoms with van der Waals surface area (Å²) in [6.07, 6.45) is 1.51. The fraction of sp³-hybridized carbons (Fsp3) is 0.200. The van der Waals surface area contributed by atoms with Gasteiger partial charge in [0.1, 0.15) is 23.0 Å². The van der Waals surface area contributed by atoms with Gasteiger partial charge in [0, 0.05) is 36.4 Å². The molecule has 4 aromatic rings. The zero-order valence-corrected chi connectivity index (χ0v) is 18.8. The molecule has 2 N–H and O–H groups in total. The van der Waals surface area contributed by atoms with E-state index in [1.807, 2.05) is 39.0 Å². The van der Waals surface area contributed by atoms with Crippen LogP contribution < -0.4 is 15.4 Å². The summed E-state index contributed by atoms with van der Waals surface area (Å²) in [5.41, 5.74) is 0.560. The summed E-state index contributed by atoms with van der Waals surface area (Å²) < 4.78 is 11.3. The monoisotopic (exact) mass is 444 g/mol. The van der Waals surface area contributed by atoms with Crippen molar-refractivity contribution in [3.8, 4) is 11.5 Å². The normalized spacial score (nSPS) is 11.3. The molecule has 8 nitrogen and oxygen atoms in total. The van der Waals surface area contributed by atoms with Crippen LogP contribution in [0, 0.1) is 0 Å². The number of fused-ring (bicyclic) bond motifs is 1. The van der Waals surface area contributed by atoms with Crippen molar-refractivity contribution < 1.29 is 18.8 Å². The van der Waals surface area contributed by atoms with Gasteiger partial charge in [0.15, 0.2) is 5.82 Å². The second kappa shape index (κ2) is 8.74. The van der Waals surface area contributed by atoms with Gasteiger partial charge in [-0.1, -0.05) is 38.1 Å². The Kier molecular flexibility index (Phi) is 5.83. The SMILES string of the molecule is CNC(=O)c1cc(Oc2ccc3c(C(=O)Nc4cc(C(C)(C)C)on4)cccc3c2)ccn1. The predicted octanol–water partition coefficient (Wildman–Crippen LogP) is 4.92. The zero-order chi connectivity index (χ0) is 23.6. The van der Waals surface area contributed by atoms with Gasteiger partial charge in [-0.2, -0.15) is 0 Å². The fourth-order valence-corrected chi connectivity index (χ4v) is 3.26. The van der Waals surface area contributed by atoms with E-state index in [0.29, 0.717) is 28.6 Å². The number of amides is 2. The maximum Gasteiger partial charge on any atom is 0.269 e. The Morgan fingerprint density at radius 2 is 1.76 bits per heavy atom. The lowest BCUT2D eigenvalue weighted by Crippen LogP contribution is -2.18. The molecule has 4 rings (SSSR count). The van der Waals surface area contributed by atoms with Gasteiger partial charge in [0.25, 0.3) is 11.8 Å². The summed E-state index contributed by atoms with van der Waals surface area (Å²) in [5.74, 6) is 1.53. The first-order valence-corrected chi connectivity index (χ1v) is 10.4. The van der Waals surface area contributed by atoms with E-state index in [4.69, 9.17) is 9.26 Å². The van der Waals surface area contributed by atoms with Gasteiger partial charge in [0.2, 0.25) is 0 Å². The van der Waals surface area contributed by atoms with Gasteiger partial charge in [-0.05, 0) is 41.1 Å². The van der Waals surface area contributed by atoms with Crippen molar-refractivity contribution in [1.82, 2.24) is 15.5 Å². The smallest absolute Gasteiger partial charge is 0.269 e. The quantitative estimate of drug-likeness (QED) is 0.452. The Morgan fingerprint density at radius 3 is 2.48 bits per heavy atom. The molecule has 8 heteroatoms. The predicted molar refractivity (Wildman–Crippen MR) is 125 cm³/mol. The molecule has 33 heavy (non-hydrogen) atoms. The summed E-state index contributed by atoms with van der Waals surface area (Å²) >= 11 is 0. The van der Waals surface area contributed by atoms with Crippen LogP contribution in [0.4, 0.5) is 5.82 Å². The second-order valence-corrected chi connectivity index (χ2v) is 8.53. The lowest BCUT2D eigenvalue weighted by Gasteiger charge is -2.12. The lowest BCUT2D eigenvalue weighted by molar-refractivity contribution is 0.0957. The van der Waals surface area contributed by atoms with Crippen LogP contribution in [0.25, 0.3) is 10.8 Å². The van der Waals surface area contributed by atoms with Crippen LogP contribution in [-0.2, 0) is 5.41 Å². The van der Waals surface area contributed by atoms with Crippen LogP contribution in [0.15, 0.2) is 65.3 Å². The van der Waals surface area contributed by atoms with E-state index >= 15 is 0 Å². The molecule has 0 saturated heterocycles. The molecular formula is C25H24N4O4. The number of carbonyl (C=O) groups is 2. The average Bonchev–Trinajstić information content (AvgIpc) is 3.27. The number of ether oxygens (including phenoxy) is 1. The molecule has 2 amide bonds. The summed E-state index contributed by atoms with van der Waals surface area (Å²) in [4.78, 5) is 28.8. The molecule has 0 unspecified atom stereocenters. The maximum absolute atomic E-state index is 12.9. The molecule has 0 bridgehead atoms. The lowest BCUT2D eigenvalue weighted by atomic mass is 9.93. The van der Waals surface area contributed by atoms with Crippen molar-refractivity contribution in [3.63, 3.8) is 0 Å². The minimum Gasteiger partial charge on any atom is -0.457 e. The van der Waals surface area contributed by atoms with Crippen molar-refractivity contribution in [2.24, 2.45) is 0 Å². The Bertz CT molecular complexity index is 1340. The highest BCUT2D eigenvalue weighted by Crippen LogP contribution is 2.29. The van der Waals surface area contributed by atoms with Crippen molar-refractivity contribution >= 4 is 28.4 Å². The van der Waals surface area contributed by atoms with E-state index in [1.165, 1.54) is 6.20 Å². The van der Waals surface area contributed by atoms with Crippen molar-refractivity contribution in [2.75, 3.05) is 12.4 Å². The van der Waals surface area contributed by atoms with E-state index in [9.17, 15) is 9.59 Å². The van der Waals surface area contributed by atoms with Gasteiger partial charge in [0.05, 0.1) is 0 Å². The van der Waals surface area contributed by atoms with E-state index in [-0.39, 0.29) is 22.9 Å². The third kappa shape index (κ3) is 4.85. The van der Waals surface area contributed by atoms with Crippen molar-refractivity contribution in [3.05, 3.63) is 77.8 Å². The largest absolute Gasteiger partial charge is 0.457 e. The number of anilines is 1. The number of nitrogens with one attached hydrogen (secondary N) is 2. The number of hydrogen-bond donors (Lipinski definition) is 2. The average molecular weight is 444 g/mol. The number of pyridine rings is 1. The fourth-order valence-electron chi connectivity index (χ4n) is 3.26. The zero-order valence-electron chi connectivity index (χ0n) is 18.8. The van der Waals surface area contributed by atoms with E-state index < -0.39 is 0 Å². The number of benzene rings is 2. The number of carbonyl (C=O) groups excluding carboxylic acids is 2. The van der Waals surface area contributed by atoms with Crippen molar-refractivity contribution in [2.45, 2.75) is 26.2 Å². The first-order chi connectivity index (χ1) is 15.7. The highest BCUT2D eigenvalue weighted by molar-refractivity contribution is 6.12. The minimum absolute atomic E-state index is 0.207. The molecule has 0 spiro atoms. The van der Waals surface area contributed by atoms with E-state index in [1.54, 1.807) is 43.4 Å². The standard InChI is InChI=1S/C25H24N4O4/c1-25(2,3)21-14-22(29-33-21)28-23(30)19-7-5-6-15-12-16(8-9-18(15)19)32-17-10-11-27-20(13-17)24(31)26-4/h5-14H,1-4H3,(H,26,31)(H,28,29,30). The van der Waals surface area contributed by atoms with Gasteiger partial charge in [-0.15, -0.1) is 0 Å². The molecule has 0 fully saturated rings. The Labute approximate surface area is 191 Å². The van der Waals surface area contributed by atoms with Gasteiger partial charge < -0.3 is 19.9 Å². The Hall–Kier alpha value is -4.20. The van der Waals surface area contributed by atoms with Gasteiger partial charge >= 0.3 is 0 Å². The molecule has 2 aromatic carbocycles. The number of hydrogen-bond acceptors (Lipinski definition) is 6. The molecule has 0 aliphatic carbocycles. The Balaban J connectivity index is 1.57. The van der Waals surface area contributed by atoms with Gasteiger partial charge in [-0.25, -0.2) is 0 Å². The molecule has 2 heterocycles. The Morgan fingerprint density at radius 1 is 0.970 bits per heavy atom. The molecule has 0 aliphatic heterocycles. The van der Waals surface area contributed by atoms with Gasteiger partial charge in [-0.3, -0.25) is 14.6 Å². The van der Waals surface area contributed by atoms with Crippen LogP contribution in [0.2, 0.25) is 0 Å². The summed E-state index contributed by atoms with van der Waals surface area (Å²) in [7, 11) is 1.54. The summed E-state index contributed by atoms with van der Waals surface area (Å²) in [6, 6.07) is 15.9. The summed E-state index contributed by atoms with van der Waals surface area (Å²) in [6.45, 7) is 6.03. The molecular weight excluding hydrogens is 420 g/mol. The van der Waals surface area contributed by atoms with Crippen LogP contribution in [0.3, 0.4) is 0 Å². The van der Waals surface area contributed by atoms with Crippen molar-refractivity contribution in [1.29, 1.82) is 0 Å². The molecule has 0 radical (unpaired) electrons. The van der Waals surface area contributed by atoms with Crippen LogP contribution in [-0.4, -0.2) is 29.0 Å². The maximum atomic E-state index is 12.9. The topological polar surface area (TPSA) is 106 Å². The number of aromatic nitrogens is 2. The molecule has 168 valence electrons. The number of rotatable bonds is 5. The third-order valence-corrected chi connectivity index (χ3v) is 5.01. The first kappa shape index (κ1) is 22.0. The van der Waals surface area contributed by atoms with Crippen LogP contribution in [0.5, 0.6) is 11.5 Å². The molecule has 0 aliphatic rings. The molecule has 0 atom stereocenters. The second-order valence-electron chi connectivity index (χ2n) is 8.53. The first-order valence-electron chi connectivity index (χ1n) is 10.4. The summed E-state index contributed by atoms with van der Waals surface area (Å²) in [5, 5.41) is 10.9. The molecule has 0 saturated carbocycles. The van der Waals surface area contributed by atoms with E-state index in [2.05, 4.69) is 20.8 Å².